The maximum absolute atomic E-state index is 2.53. The minimum atomic E-state index is -0.674. The standard InChI is InChI=1S/C65H43N3/c1-5-24-45(25-6-1)66(46-26-7-2-8-27-46)60-43-44-23-13-14-32-49(44)61-50-33-15-18-36-53(50)65(64(60)61)54-37-19-16-34-51(54)62-55(65)38-21-40-57(62)68(48-30-11-4-12-31-48)59-42-22-41-58-63(59)52-35-17-20-39-56(52)67(58)47-28-9-3-10-29-47/h1-43H. The second kappa shape index (κ2) is 15.1. The average molecular weight is 866 g/mol. The molecule has 2 aliphatic carbocycles. The number of aromatic nitrogens is 1. The highest BCUT2D eigenvalue weighted by Crippen LogP contribution is 2.68. The largest absolute Gasteiger partial charge is 0.310 e. The van der Waals surface area contributed by atoms with E-state index in [0.717, 1.165) is 39.6 Å². The summed E-state index contributed by atoms with van der Waals surface area (Å²) in [5, 5.41) is 4.89. The molecule has 0 amide bonds. The fourth-order valence-corrected chi connectivity index (χ4v) is 12.0. The van der Waals surface area contributed by atoms with E-state index in [1.807, 2.05) is 0 Å². The highest BCUT2D eigenvalue weighted by atomic mass is 15.2. The van der Waals surface area contributed by atoms with Gasteiger partial charge in [0.05, 0.1) is 33.5 Å². The van der Waals surface area contributed by atoms with Gasteiger partial charge in [0.15, 0.2) is 0 Å². The molecule has 1 aromatic heterocycles. The van der Waals surface area contributed by atoms with E-state index in [4.69, 9.17) is 0 Å². The molecule has 3 nitrogen and oxygen atoms in total. The van der Waals surface area contributed by atoms with Gasteiger partial charge in [-0.05, 0) is 123 Å². The van der Waals surface area contributed by atoms with Gasteiger partial charge >= 0.3 is 0 Å². The molecule has 0 N–H and O–H groups in total. The number of anilines is 6. The fraction of sp³-hybridized carbons (Fsp3) is 0.0154. The molecular weight excluding hydrogens is 823 g/mol. The summed E-state index contributed by atoms with van der Waals surface area (Å²) in [4.78, 5) is 5.02. The molecule has 2 aliphatic rings. The third-order valence-electron chi connectivity index (χ3n) is 14.5. The van der Waals surface area contributed by atoms with Gasteiger partial charge in [0.25, 0.3) is 0 Å². The maximum atomic E-state index is 2.53. The summed E-state index contributed by atoms with van der Waals surface area (Å²) in [5.74, 6) is 0. The van der Waals surface area contributed by atoms with Crippen molar-refractivity contribution in [2.24, 2.45) is 0 Å². The Bertz CT molecular complexity index is 3870. The molecule has 1 unspecified atom stereocenters. The van der Waals surface area contributed by atoms with E-state index >= 15 is 0 Å². The highest BCUT2D eigenvalue weighted by molar-refractivity contribution is 6.18. The number of para-hydroxylation sites is 5. The van der Waals surface area contributed by atoms with E-state index in [9.17, 15) is 0 Å². The van der Waals surface area contributed by atoms with Crippen LogP contribution in [0.25, 0.3) is 60.5 Å². The fourth-order valence-electron chi connectivity index (χ4n) is 12.0. The van der Waals surface area contributed by atoms with Crippen molar-refractivity contribution >= 4 is 66.7 Å². The Hall–Kier alpha value is -8.92. The Balaban J connectivity index is 1.12. The van der Waals surface area contributed by atoms with Crippen LogP contribution in [0.4, 0.5) is 34.1 Å². The summed E-state index contributed by atoms with van der Waals surface area (Å²) in [7, 11) is 0. The summed E-state index contributed by atoms with van der Waals surface area (Å²) in [6.45, 7) is 0. The van der Waals surface area contributed by atoms with Crippen LogP contribution in [0.15, 0.2) is 261 Å². The third kappa shape index (κ3) is 5.36. The van der Waals surface area contributed by atoms with E-state index < -0.39 is 5.41 Å². The summed E-state index contributed by atoms with van der Waals surface area (Å²) in [5.41, 5.74) is 19.8. The maximum Gasteiger partial charge on any atom is 0.0747 e. The molecule has 1 atom stereocenters. The molecular formula is C65H43N3. The molecule has 1 spiro atoms. The molecule has 0 fully saturated rings. The Morgan fingerprint density at radius 3 is 1.49 bits per heavy atom. The minimum absolute atomic E-state index is 0.674. The normalized spacial score (nSPS) is 14.2. The van der Waals surface area contributed by atoms with Crippen LogP contribution in [-0.2, 0) is 5.41 Å². The molecule has 0 saturated carbocycles. The van der Waals surface area contributed by atoms with Crippen LogP contribution in [0.1, 0.15) is 22.3 Å². The van der Waals surface area contributed by atoms with Crippen molar-refractivity contribution in [1.29, 1.82) is 0 Å². The Kier molecular flexibility index (Phi) is 8.50. The molecule has 11 aromatic carbocycles. The number of nitrogens with zero attached hydrogens (tertiary/aromatic N) is 3. The van der Waals surface area contributed by atoms with Gasteiger partial charge in [-0.3, -0.25) is 0 Å². The molecule has 1 heterocycles. The van der Waals surface area contributed by atoms with E-state index in [-0.39, 0.29) is 0 Å². The van der Waals surface area contributed by atoms with Crippen molar-refractivity contribution in [2.75, 3.05) is 9.80 Å². The van der Waals surface area contributed by atoms with Crippen LogP contribution < -0.4 is 9.80 Å². The number of rotatable bonds is 7. The Labute approximate surface area is 395 Å². The van der Waals surface area contributed by atoms with Gasteiger partial charge in [-0.1, -0.05) is 182 Å². The van der Waals surface area contributed by atoms with Gasteiger partial charge in [-0.2, -0.15) is 0 Å². The number of fused-ring (bicyclic) bond motifs is 15. The summed E-state index contributed by atoms with van der Waals surface area (Å²) < 4.78 is 2.42. The predicted molar refractivity (Wildman–Crippen MR) is 284 cm³/mol. The first-order valence-electron chi connectivity index (χ1n) is 23.5. The monoisotopic (exact) mass is 865 g/mol. The van der Waals surface area contributed by atoms with Crippen molar-refractivity contribution in [3.05, 3.63) is 283 Å². The third-order valence-corrected chi connectivity index (χ3v) is 14.5. The number of hydrogen-bond acceptors (Lipinski definition) is 2. The van der Waals surface area contributed by atoms with Gasteiger partial charge in [0, 0.05) is 44.6 Å². The van der Waals surface area contributed by atoms with Gasteiger partial charge in [-0.15, -0.1) is 0 Å². The molecule has 14 rings (SSSR count). The van der Waals surface area contributed by atoms with E-state index in [1.54, 1.807) is 0 Å². The van der Waals surface area contributed by atoms with E-state index in [2.05, 4.69) is 275 Å². The summed E-state index contributed by atoms with van der Waals surface area (Å²) in [6.07, 6.45) is 0. The molecule has 0 bridgehead atoms. The van der Waals surface area contributed by atoms with Crippen molar-refractivity contribution in [3.63, 3.8) is 0 Å². The number of hydrogen-bond donors (Lipinski definition) is 0. The first kappa shape index (κ1) is 38.4. The van der Waals surface area contributed by atoms with Gasteiger partial charge in [-0.25, -0.2) is 0 Å². The topological polar surface area (TPSA) is 11.4 Å². The second-order valence-corrected chi connectivity index (χ2v) is 17.9. The van der Waals surface area contributed by atoms with Crippen LogP contribution in [0.5, 0.6) is 0 Å². The summed E-state index contributed by atoms with van der Waals surface area (Å²) >= 11 is 0. The quantitative estimate of drug-likeness (QED) is 0.158. The van der Waals surface area contributed by atoms with E-state index in [1.165, 1.54) is 77.3 Å². The first-order chi connectivity index (χ1) is 33.8. The van der Waals surface area contributed by atoms with Crippen LogP contribution in [0.3, 0.4) is 0 Å². The summed E-state index contributed by atoms with van der Waals surface area (Å²) in [6, 6.07) is 96.2. The zero-order valence-corrected chi connectivity index (χ0v) is 37.2. The Morgan fingerprint density at radius 1 is 0.324 bits per heavy atom. The van der Waals surface area contributed by atoms with Gasteiger partial charge in [0.2, 0.25) is 0 Å². The second-order valence-electron chi connectivity index (χ2n) is 17.9. The molecule has 318 valence electrons. The van der Waals surface area contributed by atoms with Crippen LogP contribution in [0, 0.1) is 0 Å². The first-order valence-corrected chi connectivity index (χ1v) is 23.5. The lowest BCUT2D eigenvalue weighted by molar-refractivity contribution is 0.793. The lowest BCUT2D eigenvalue weighted by Gasteiger charge is -2.36. The van der Waals surface area contributed by atoms with Crippen molar-refractivity contribution < 1.29 is 0 Å². The minimum Gasteiger partial charge on any atom is -0.310 e. The van der Waals surface area contributed by atoms with Crippen molar-refractivity contribution in [3.8, 4) is 27.9 Å². The van der Waals surface area contributed by atoms with E-state index in [0.29, 0.717) is 0 Å². The number of benzene rings is 11. The van der Waals surface area contributed by atoms with Crippen LogP contribution in [-0.4, -0.2) is 4.57 Å². The lowest BCUT2D eigenvalue weighted by Crippen LogP contribution is -2.28. The molecule has 68 heavy (non-hydrogen) atoms. The van der Waals surface area contributed by atoms with Gasteiger partial charge in [0.1, 0.15) is 0 Å². The Morgan fingerprint density at radius 2 is 0.809 bits per heavy atom. The lowest BCUT2D eigenvalue weighted by atomic mass is 9.69. The smallest absolute Gasteiger partial charge is 0.0747 e. The van der Waals surface area contributed by atoms with Crippen LogP contribution in [0.2, 0.25) is 0 Å². The molecule has 12 aromatic rings. The van der Waals surface area contributed by atoms with Crippen molar-refractivity contribution in [2.45, 2.75) is 5.41 Å². The highest BCUT2D eigenvalue weighted by Gasteiger charge is 2.54. The molecule has 0 saturated heterocycles. The van der Waals surface area contributed by atoms with Gasteiger partial charge < -0.3 is 14.4 Å². The average Bonchev–Trinajstić information content (AvgIpc) is 4.03. The zero-order chi connectivity index (χ0) is 44.8. The van der Waals surface area contributed by atoms with Crippen molar-refractivity contribution in [1.82, 2.24) is 4.57 Å². The molecule has 0 aliphatic heterocycles. The predicted octanol–water partition coefficient (Wildman–Crippen LogP) is 17.2. The SMILES string of the molecule is c1ccc(N(c2ccccc2)c2cc3ccccc3c3c2C2(c4ccccc4-c4c(N(c5ccccc5)c5cccc6c5c5ccccc5n6-c5ccccc5)cccc42)c2ccccc2-3)cc1. The van der Waals surface area contributed by atoms with Crippen LogP contribution >= 0.6 is 0 Å². The molecule has 0 radical (unpaired) electrons. The zero-order valence-electron chi connectivity index (χ0n) is 37.2. The molecule has 3 heteroatoms.